The Morgan fingerprint density at radius 2 is 2.00 bits per heavy atom. The van der Waals surface area contributed by atoms with Gasteiger partial charge in [-0.15, -0.1) is 0 Å². The zero-order chi connectivity index (χ0) is 15.3. The van der Waals surface area contributed by atoms with Gasteiger partial charge >= 0.3 is 0 Å². The van der Waals surface area contributed by atoms with Crippen molar-refractivity contribution in [1.29, 1.82) is 0 Å². The van der Waals surface area contributed by atoms with Crippen molar-refractivity contribution in [2.45, 2.75) is 70.9 Å². The second-order valence-corrected chi connectivity index (χ2v) is 6.51. The third-order valence-corrected chi connectivity index (χ3v) is 5.07. The maximum Gasteiger partial charge on any atom is 0.0625 e. The van der Waals surface area contributed by atoms with Crippen molar-refractivity contribution in [3.8, 4) is 0 Å². The van der Waals surface area contributed by atoms with Gasteiger partial charge in [0.2, 0.25) is 0 Å². The zero-order valence-electron chi connectivity index (χ0n) is 14.1. The van der Waals surface area contributed by atoms with E-state index in [2.05, 4.69) is 41.6 Å². The average Bonchev–Trinajstić information content (AvgIpc) is 2.88. The van der Waals surface area contributed by atoms with E-state index in [0.717, 1.165) is 26.1 Å². The molecule has 4 nitrogen and oxygen atoms in total. The van der Waals surface area contributed by atoms with Crippen LogP contribution in [-0.2, 0) is 20.0 Å². The molecular weight excluding hydrogens is 260 g/mol. The van der Waals surface area contributed by atoms with Gasteiger partial charge in [0.15, 0.2) is 0 Å². The summed E-state index contributed by atoms with van der Waals surface area (Å²) in [7, 11) is 2.06. The first-order valence-corrected chi connectivity index (χ1v) is 8.62. The monoisotopic (exact) mass is 292 g/mol. The van der Waals surface area contributed by atoms with Crippen LogP contribution in [-0.4, -0.2) is 33.3 Å². The highest BCUT2D eigenvalue weighted by atomic mass is 15.3. The number of aryl methyl sites for hydroxylation is 2. The summed E-state index contributed by atoms with van der Waals surface area (Å²) in [4.78, 5) is 2.64. The minimum Gasteiger partial charge on any atom is -0.329 e. The number of aromatic nitrogens is 2. The van der Waals surface area contributed by atoms with E-state index < -0.39 is 0 Å². The predicted octanol–water partition coefficient (Wildman–Crippen LogP) is 2.86. The molecule has 1 saturated carbocycles. The van der Waals surface area contributed by atoms with Crippen molar-refractivity contribution >= 4 is 0 Å². The Kier molecular flexibility index (Phi) is 5.82. The van der Waals surface area contributed by atoms with E-state index in [9.17, 15) is 0 Å². The first-order chi connectivity index (χ1) is 10.1. The molecule has 1 aliphatic carbocycles. The molecule has 0 aromatic carbocycles. The fraction of sp³-hybridized carbons (Fsp3) is 0.824. The van der Waals surface area contributed by atoms with Crippen LogP contribution in [0.5, 0.6) is 0 Å². The Balaban J connectivity index is 2.18. The highest BCUT2D eigenvalue weighted by molar-refractivity contribution is 5.11. The SMILES string of the molecule is CCCN(Cc1cc(CC)nn1C)C1(CN)CCCCC1. The highest BCUT2D eigenvalue weighted by Gasteiger charge is 2.36. The van der Waals surface area contributed by atoms with Crippen molar-refractivity contribution in [1.82, 2.24) is 14.7 Å². The molecule has 2 rings (SSSR count). The van der Waals surface area contributed by atoms with E-state index in [0.29, 0.717) is 0 Å². The third kappa shape index (κ3) is 3.67. The van der Waals surface area contributed by atoms with Gasteiger partial charge in [-0.1, -0.05) is 33.1 Å². The standard InChI is InChI=1S/C17H32N4/c1-4-11-21(17(14-18)9-7-6-8-10-17)13-16-12-15(5-2)19-20(16)3/h12H,4-11,13-14,18H2,1-3H3. The second-order valence-electron chi connectivity index (χ2n) is 6.51. The summed E-state index contributed by atoms with van der Waals surface area (Å²) >= 11 is 0. The Labute approximate surface area is 129 Å². The van der Waals surface area contributed by atoms with Crippen LogP contribution < -0.4 is 5.73 Å². The number of nitrogens with two attached hydrogens (primary N) is 1. The van der Waals surface area contributed by atoms with E-state index in [-0.39, 0.29) is 5.54 Å². The van der Waals surface area contributed by atoms with Gasteiger partial charge in [0.05, 0.1) is 11.4 Å². The van der Waals surface area contributed by atoms with Crippen LogP contribution in [0.3, 0.4) is 0 Å². The van der Waals surface area contributed by atoms with Crippen LogP contribution >= 0.6 is 0 Å². The molecule has 0 aliphatic heterocycles. The molecular formula is C17H32N4. The summed E-state index contributed by atoms with van der Waals surface area (Å²) in [6, 6.07) is 2.26. The molecule has 1 aliphatic rings. The van der Waals surface area contributed by atoms with Crippen LogP contribution in [0, 0.1) is 0 Å². The second kappa shape index (κ2) is 7.41. The van der Waals surface area contributed by atoms with Gasteiger partial charge in [-0.05, 0) is 38.3 Å². The Hall–Kier alpha value is -0.870. The van der Waals surface area contributed by atoms with Crippen LogP contribution in [0.4, 0.5) is 0 Å². The van der Waals surface area contributed by atoms with Gasteiger partial charge in [-0.2, -0.15) is 5.10 Å². The van der Waals surface area contributed by atoms with E-state index in [4.69, 9.17) is 5.73 Å². The molecule has 0 saturated heterocycles. The summed E-state index contributed by atoms with van der Waals surface area (Å²) < 4.78 is 2.05. The molecule has 1 heterocycles. The molecule has 120 valence electrons. The van der Waals surface area contributed by atoms with Crippen LogP contribution in [0.15, 0.2) is 6.07 Å². The summed E-state index contributed by atoms with van der Waals surface area (Å²) in [6.07, 6.45) is 8.70. The first-order valence-electron chi connectivity index (χ1n) is 8.62. The van der Waals surface area contributed by atoms with Crippen LogP contribution in [0.2, 0.25) is 0 Å². The molecule has 2 N–H and O–H groups in total. The number of hydrogen-bond acceptors (Lipinski definition) is 3. The van der Waals surface area contributed by atoms with Crippen molar-refractivity contribution in [3.63, 3.8) is 0 Å². The molecule has 4 heteroatoms. The minimum atomic E-state index is 0.213. The lowest BCUT2D eigenvalue weighted by molar-refractivity contribution is 0.0474. The zero-order valence-corrected chi connectivity index (χ0v) is 14.1. The molecule has 1 fully saturated rings. The third-order valence-electron chi connectivity index (χ3n) is 5.07. The first kappa shape index (κ1) is 16.5. The highest BCUT2D eigenvalue weighted by Crippen LogP contribution is 2.34. The predicted molar refractivity (Wildman–Crippen MR) is 88.2 cm³/mol. The van der Waals surface area contributed by atoms with Crippen LogP contribution in [0.1, 0.15) is 63.8 Å². The summed E-state index contributed by atoms with van der Waals surface area (Å²) in [5, 5.41) is 4.59. The average molecular weight is 292 g/mol. The minimum absolute atomic E-state index is 0.213. The van der Waals surface area contributed by atoms with E-state index in [1.54, 1.807) is 0 Å². The molecule has 21 heavy (non-hydrogen) atoms. The molecule has 0 amide bonds. The molecule has 1 aromatic heterocycles. The lowest BCUT2D eigenvalue weighted by Gasteiger charge is -2.46. The van der Waals surface area contributed by atoms with Gasteiger partial charge in [-0.25, -0.2) is 0 Å². The summed E-state index contributed by atoms with van der Waals surface area (Å²) in [6.45, 7) is 7.32. The van der Waals surface area contributed by atoms with Crippen molar-refractivity contribution < 1.29 is 0 Å². The molecule has 0 atom stereocenters. The van der Waals surface area contributed by atoms with E-state index >= 15 is 0 Å². The van der Waals surface area contributed by atoms with Crippen molar-refractivity contribution in [2.75, 3.05) is 13.1 Å². The summed E-state index contributed by atoms with van der Waals surface area (Å²) in [5.74, 6) is 0. The maximum atomic E-state index is 6.23. The lowest BCUT2D eigenvalue weighted by Crippen LogP contribution is -2.55. The Bertz CT molecular complexity index is 432. The van der Waals surface area contributed by atoms with Gasteiger partial charge < -0.3 is 5.73 Å². The van der Waals surface area contributed by atoms with Crippen molar-refractivity contribution in [2.24, 2.45) is 12.8 Å². The van der Waals surface area contributed by atoms with E-state index in [1.807, 2.05) is 0 Å². The topological polar surface area (TPSA) is 47.1 Å². The van der Waals surface area contributed by atoms with Crippen molar-refractivity contribution in [3.05, 3.63) is 17.5 Å². The summed E-state index contributed by atoms with van der Waals surface area (Å²) in [5.41, 5.74) is 8.95. The van der Waals surface area contributed by atoms with Gasteiger partial charge in [0.25, 0.3) is 0 Å². The number of nitrogens with zero attached hydrogens (tertiary/aromatic N) is 3. The molecule has 0 bridgehead atoms. The fourth-order valence-electron chi connectivity index (χ4n) is 3.70. The number of rotatable bonds is 7. The normalized spacial score (nSPS) is 18.3. The lowest BCUT2D eigenvalue weighted by atomic mass is 9.80. The van der Waals surface area contributed by atoms with E-state index in [1.165, 1.54) is 49.9 Å². The smallest absolute Gasteiger partial charge is 0.0625 e. The maximum absolute atomic E-state index is 6.23. The molecule has 0 radical (unpaired) electrons. The van der Waals surface area contributed by atoms with Gasteiger partial charge in [0.1, 0.15) is 0 Å². The largest absolute Gasteiger partial charge is 0.329 e. The Morgan fingerprint density at radius 1 is 1.29 bits per heavy atom. The fourth-order valence-corrected chi connectivity index (χ4v) is 3.70. The quantitative estimate of drug-likeness (QED) is 0.840. The molecule has 0 spiro atoms. The van der Waals surface area contributed by atoms with Crippen LogP contribution in [0.25, 0.3) is 0 Å². The molecule has 0 unspecified atom stereocenters. The molecule has 1 aromatic rings. The Morgan fingerprint density at radius 3 is 2.52 bits per heavy atom. The van der Waals surface area contributed by atoms with Gasteiger partial charge in [-0.3, -0.25) is 9.58 Å². The van der Waals surface area contributed by atoms with Gasteiger partial charge in [0, 0.05) is 25.7 Å². The number of hydrogen-bond donors (Lipinski definition) is 1.